The lowest BCUT2D eigenvalue weighted by molar-refractivity contribution is -0.113. The average Bonchev–Trinajstić information content (AvgIpc) is 2.96. The Morgan fingerprint density at radius 2 is 1.65 bits per heavy atom. The van der Waals surface area contributed by atoms with E-state index in [0.717, 1.165) is 27.8 Å². The zero-order chi connectivity index (χ0) is 18.1. The Morgan fingerprint density at radius 1 is 0.962 bits per heavy atom. The molecule has 5 heteroatoms. The second kappa shape index (κ2) is 6.94. The van der Waals surface area contributed by atoms with Gasteiger partial charge < -0.3 is 4.74 Å². The molecule has 3 aromatic rings. The van der Waals surface area contributed by atoms with Crippen molar-refractivity contribution >= 4 is 56.7 Å². The number of benzene rings is 3. The van der Waals surface area contributed by atoms with Gasteiger partial charge in [-0.15, -0.1) is 0 Å². The van der Waals surface area contributed by atoms with Gasteiger partial charge in [0, 0.05) is 5.39 Å². The number of hydrogen-bond donors (Lipinski definition) is 0. The summed E-state index contributed by atoms with van der Waals surface area (Å²) in [5, 5.41) is 2.05. The Balaban J connectivity index is 1.77. The molecular formula is C21H15NO2S2. The minimum absolute atomic E-state index is 0.0916. The first-order valence-electron chi connectivity index (χ1n) is 8.08. The fraction of sp³-hybridized carbons (Fsp3) is 0.0476. The molecule has 0 radical (unpaired) electrons. The zero-order valence-corrected chi connectivity index (χ0v) is 15.6. The van der Waals surface area contributed by atoms with Crippen molar-refractivity contribution in [3.8, 4) is 5.75 Å². The summed E-state index contributed by atoms with van der Waals surface area (Å²) in [6, 6.07) is 21.4. The lowest BCUT2D eigenvalue weighted by Gasteiger charge is -2.13. The largest absolute Gasteiger partial charge is 0.496 e. The minimum atomic E-state index is -0.0916. The van der Waals surface area contributed by atoms with Crippen LogP contribution in [-0.4, -0.2) is 17.3 Å². The Hall–Kier alpha value is -2.63. The number of carbonyl (C=O) groups excluding carboxylic acids is 1. The van der Waals surface area contributed by atoms with Crippen LogP contribution in [0.15, 0.2) is 71.6 Å². The van der Waals surface area contributed by atoms with E-state index in [1.807, 2.05) is 72.8 Å². The molecule has 0 aliphatic carbocycles. The van der Waals surface area contributed by atoms with Crippen molar-refractivity contribution in [3.05, 3.63) is 77.2 Å². The van der Waals surface area contributed by atoms with E-state index in [4.69, 9.17) is 17.0 Å². The highest BCUT2D eigenvalue weighted by molar-refractivity contribution is 8.27. The van der Waals surface area contributed by atoms with Gasteiger partial charge in [0.15, 0.2) is 4.32 Å². The maximum atomic E-state index is 12.9. The number of para-hydroxylation sites is 1. The van der Waals surface area contributed by atoms with Gasteiger partial charge in [-0.1, -0.05) is 72.5 Å². The molecule has 0 saturated carbocycles. The number of thiocarbonyl (C=S) groups is 1. The predicted octanol–water partition coefficient (Wildman–Crippen LogP) is 5.25. The number of methoxy groups -OCH3 is 1. The summed E-state index contributed by atoms with van der Waals surface area (Å²) >= 11 is 6.76. The Kier molecular flexibility index (Phi) is 4.49. The highest BCUT2D eigenvalue weighted by Gasteiger charge is 2.33. The highest BCUT2D eigenvalue weighted by atomic mass is 32.2. The summed E-state index contributed by atoms with van der Waals surface area (Å²) in [5.41, 5.74) is 1.76. The third kappa shape index (κ3) is 2.89. The van der Waals surface area contributed by atoms with E-state index in [1.165, 1.54) is 11.8 Å². The van der Waals surface area contributed by atoms with Gasteiger partial charge in [-0.25, -0.2) is 0 Å². The van der Waals surface area contributed by atoms with E-state index < -0.39 is 0 Å². The van der Waals surface area contributed by atoms with Crippen LogP contribution < -0.4 is 9.64 Å². The molecule has 1 fully saturated rings. The summed E-state index contributed by atoms with van der Waals surface area (Å²) in [6.07, 6.45) is 1.91. The van der Waals surface area contributed by atoms with Gasteiger partial charge >= 0.3 is 0 Å². The molecule has 3 aromatic carbocycles. The molecule has 1 aliphatic rings. The number of hydrogen-bond acceptors (Lipinski definition) is 4. The molecule has 0 atom stereocenters. The molecule has 128 valence electrons. The maximum Gasteiger partial charge on any atom is 0.270 e. The number of rotatable bonds is 3. The lowest BCUT2D eigenvalue weighted by Crippen LogP contribution is -2.27. The molecular weight excluding hydrogens is 362 g/mol. The van der Waals surface area contributed by atoms with Crippen molar-refractivity contribution in [2.75, 3.05) is 12.0 Å². The molecule has 0 unspecified atom stereocenters. The minimum Gasteiger partial charge on any atom is -0.496 e. The predicted molar refractivity (Wildman–Crippen MR) is 113 cm³/mol. The fourth-order valence-corrected chi connectivity index (χ4v) is 4.30. The second-order valence-corrected chi connectivity index (χ2v) is 7.43. The molecule has 3 nitrogen and oxygen atoms in total. The number of nitrogens with zero attached hydrogens (tertiary/aromatic N) is 1. The first kappa shape index (κ1) is 16.8. The van der Waals surface area contributed by atoms with E-state index in [9.17, 15) is 4.79 Å². The number of ether oxygens (including phenoxy) is 1. The Morgan fingerprint density at radius 3 is 2.38 bits per heavy atom. The van der Waals surface area contributed by atoms with Crippen LogP contribution in [0.5, 0.6) is 5.75 Å². The Bertz CT molecular complexity index is 1040. The van der Waals surface area contributed by atoms with Crippen molar-refractivity contribution in [2.45, 2.75) is 0 Å². The smallest absolute Gasteiger partial charge is 0.270 e. The van der Waals surface area contributed by atoms with Crippen molar-refractivity contribution < 1.29 is 9.53 Å². The third-order valence-electron chi connectivity index (χ3n) is 4.23. The fourth-order valence-electron chi connectivity index (χ4n) is 3.01. The summed E-state index contributed by atoms with van der Waals surface area (Å²) in [7, 11) is 1.66. The first-order valence-corrected chi connectivity index (χ1v) is 9.30. The number of anilines is 1. The number of carbonyl (C=O) groups is 1. The van der Waals surface area contributed by atoms with Gasteiger partial charge in [-0.3, -0.25) is 9.69 Å². The van der Waals surface area contributed by atoms with Crippen molar-refractivity contribution in [1.29, 1.82) is 0 Å². The van der Waals surface area contributed by atoms with E-state index in [2.05, 4.69) is 0 Å². The third-order valence-corrected chi connectivity index (χ3v) is 5.53. The van der Waals surface area contributed by atoms with Gasteiger partial charge in [0.1, 0.15) is 5.75 Å². The van der Waals surface area contributed by atoms with Crippen LogP contribution in [0.2, 0.25) is 0 Å². The van der Waals surface area contributed by atoms with Gasteiger partial charge in [-0.05, 0) is 35.2 Å². The van der Waals surface area contributed by atoms with Crippen LogP contribution in [0.25, 0.3) is 16.8 Å². The lowest BCUT2D eigenvalue weighted by atomic mass is 10.0. The molecule has 1 heterocycles. The van der Waals surface area contributed by atoms with Crippen LogP contribution in [-0.2, 0) is 4.79 Å². The number of thioether (sulfide) groups is 1. The van der Waals surface area contributed by atoms with Crippen molar-refractivity contribution in [1.82, 2.24) is 0 Å². The normalized spacial score (nSPS) is 15.9. The SMILES string of the molecule is COc1ccc(C=C2SC(=S)N(c3ccccc3)C2=O)c2ccccc12. The monoisotopic (exact) mass is 377 g/mol. The highest BCUT2D eigenvalue weighted by Crippen LogP contribution is 2.37. The van der Waals surface area contributed by atoms with Crippen LogP contribution >= 0.6 is 24.0 Å². The number of fused-ring (bicyclic) bond motifs is 1. The van der Waals surface area contributed by atoms with E-state index in [-0.39, 0.29) is 5.91 Å². The molecule has 1 saturated heterocycles. The summed E-state index contributed by atoms with van der Waals surface area (Å²) in [6.45, 7) is 0. The molecule has 1 amide bonds. The maximum absolute atomic E-state index is 12.9. The average molecular weight is 377 g/mol. The van der Waals surface area contributed by atoms with Crippen molar-refractivity contribution in [3.63, 3.8) is 0 Å². The summed E-state index contributed by atoms with van der Waals surface area (Å²) in [4.78, 5) is 15.1. The van der Waals surface area contributed by atoms with Crippen LogP contribution in [0.1, 0.15) is 5.56 Å². The van der Waals surface area contributed by atoms with Gasteiger partial charge in [0.2, 0.25) is 0 Å². The van der Waals surface area contributed by atoms with Gasteiger partial charge in [0.25, 0.3) is 5.91 Å². The second-order valence-electron chi connectivity index (χ2n) is 5.76. The molecule has 0 bridgehead atoms. The summed E-state index contributed by atoms with van der Waals surface area (Å²) in [5.74, 6) is 0.723. The number of amides is 1. The Labute approximate surface area is 161 Å². The molecule has 4 rings (SSSR count). The molecule has 0 spiro atoms. The van der Waals surface area contributed by atoms with Crippen LogP contribution in [0, 0.1) is 0 Å². The van der Waals surface area contributed by atoms with Crippen LogP contribution in [0.4, 0.5) is 5.69 Å². The van der Waals surface area contributed by atoms with Crippen molar-refractivity contribution in [2.24, 2.45) is 0 Å². The molecule has 26 heavy (non-hydrogen) atoms. The van der Waals surface area contributed by atoms with Gasteiger partial charge in [0.05, 0.1) is 17.7 Å². The topological polar surface area (TPSA) is 29.5 Å². The molecule has 0 N–H and O–H groups in total. The quantitative estimate of drug-likeness (QED) is 0.460. The standard InChI is InChI=1S/C21H15NO2S2/c1-24-18-12-11-14(16-9-5-6-10-17(16)18)13-19-20(23)22(21(25)26-19)15-7-3-2-4-8-15/h2-13H,1H3. The van der Waals surface area contributed by atoms with E-state index in [0.29, 0.717) is 9.23 Å². The van der Waals surface area contributed by atoms with Crippen LogP contribution in [0.3, 0.4) is 0 Å². The zero-order valence-electron chi connectivity index (χ0n) is 14.0. The first-order chi connectivity index (χ1) is 12.7. The van der Waals surface area contributed by atoms with Gasteiger partial charge in [-0.2, -0.15) is 0 Å². The van der Waals surface area contributed by atoms with E-state index in [1.54, 1.807) is 12.0 Å². The molecule has 0 aromatic heterocycles. The molecule has 1 aliphatic heterocycles. The summed E-state index contributed by atoms with van der Waals surface area (Å²) < 4.78 is 5.99. The van der Waals surface area contributed by atoms with E-state index >= 15 is 0 Å².